The fourth-order valence-corrected chi connectivity index (χ4v) is 4.91. The number of anilines is 1. The third-order valence-corrected chi connectivity index (χ3v) is 6.91. The highest BCUT2D eigenvalue weighted by Crippen LogP contribution is 2.28. The third-order valence-electron chi connectivity index (χ3n) is 5.93. The second-order valence-corrected chi connectivity index (χ2v) is 9.81. The van der Waals surface area contributed by atoms with Gasteiger partial charge in [-0.05, 0) is 69.5 Å². The number of benzene rings is 3. The maximum absolute atomic E-state index is 12.8. The number of thioether (sulfide) groups is 1. The number of carbonyl (C=O) groups excluding carboxylic acids is 1. The van der Waals surface area contributed by atoms with Gasteiger partial charge in [-0.25, -0.2) is 4.79 Å². The summed E-state index contributed by atoms with van der Waals surface area (Å²) in [5.41, 5.74) is 7.61. The third kappa shape index (κ3) is 5.92. The Labute approximate surface area is 211 Å². The minimum Gasteiger partial charge on any atom is -0.328 e. The average molecular weight is 486 g/mol. The summed E-state index contributed by atoms with van der Waals surface area (Å²) in [4.78, 5) is 12.8. The van der Waals surface area contributed by atoms with Crippen LogP contribution >= 0.6 is 11.8 Å². The Morgan fingerprint density at radius 3 is 2.34 bits per heavy atom. The predicted octanol–water partition coefficient (Wildman–Crippen LogP) is 6.68. The summed E-state index contributed by atoms with van der Waals surface area (Å²) in [6.45, 7) is 10.1. The molecule has 0 aliphatic carbocycles. The Morgan fingerprint density at radius 1 is 0.914 bits per heavy atom. The molecule has 0 saturated carbocycles. The van der Waals surface area contributed by atoms with E-state index in [9.17, 15) is 4.79 Å². The molecule has 2 N–H and O–H groups in total. The summed E-state index contributed by atoms with van der Waals surface area (Å²) in [5, 5.41) is 15.7. The van der Waals surface area contributed by atoms with Gasteiger partial charge in [0.05, 0.1) is 6.04 Å². The lowest BCUT2D eigenvalue weighted by Gasteiger charge is -2.17. The van der Waals surface area contributed by atoms with Crippen LogP contribution in [0.4, 0.5) is 10.5 Å². The van der Waals surface area contributed by atoms with E-state index in [1.807, 2.05) is 49.6 Å². The molecule has 4 aromatic rings. The Hall–Kier alpha value is -3.58. The number of hydrogen-bond donors (Lipinski definition) is 2. The number of nitrogens with one attached hydrogen (secondary N) is 2. The number of aromatic nitrogens is 3. The zero-order valence-corrected chi connectivity index (χ0v) is 21.6. The van der Waals surface area contributed by atoms with Crippen LogP contribution in [0.1, 0.15) is 46.6 Å². The predicted molar refractivity (Wildman–Crippen MR) is 143 cm³/mol. The second kappa shape index (κ2) is 10.8. The molecule has 1 unspecified atom stereocenters. The first-order chi connectivity index (χ1) is 16.8. The number of carbonyl (C=O) groups is 1. The fourth-order valence-electron chi connectivity index (χ4n) is 3.88. The highest BCUT2D eigenvalue weighted by Gasteiger charge is 2.21. The average Bonchev–Trinajstić information content (AvgIpc) is 3.25. The molecule has 180 valence electrons. The molecular weight excluding hydrogens is 454 g/mol. The van der Waals surface area contributed by atoms with Crippen molar-refractivity contribution >= 4 is 23.5 Å². The van der Waals surface area contributed by atoms with Crippen molar-refractivity contribution < 1.29 is 4.79 Å². The SMILES string of the molecule is Cc1ccc(-n2c(SCc3ccccc3C)nnc2C(C)NC(=O)Nc2ccc(C)cc2C)cc1. The molecule has 3 aromatic carbocycles. The van der Waals surface area contributed by atoms with Gasteiger partial charge in [-0.2, -0.15) is 0 Å². The van der Waals surface area contributed by atoms with Crippen LogP contribution in [0.5, 0.6) is 0 Å². The molecule has 0 bridgehead atoms. The van der Waals surface area contributed by atoms with E-state index < -0.39 is 0 Å². The van der Waals surface area contributed by atoms with Crippen molar-refractivity contribution in [3.8, 4) is 5.69 Å². The van der Waals surface area contributed by atoms with E-state index in [2.05, 4.69) is 77.1 Å². The van der Waals surface area contributed by atoms with E-state index >= 15 is 0 Å². The van der Waals surface area contributed by atoms with Crippen LogP contribution in [-0.2, 0) is 5.75 Å². The van der Waals surface area contributed by atoms with Gasteiger partial charge in [0.2, 0.25) is 0 Å². The van der Waals surface area contributed by atoms with Gasteiger partial charge in [0, 0.05) is 17.1 Å². The zero-order chi connectivity index (χ0) is 24.9. The Morgan fingerprint density at radius 2 is 1.63 bits per heavy atom. The van der Waals surface area contributed by atoms with Crippen LogP contribution in [0.3, 0.4) is 0 Å². The molecule has 0 fully saturated rings. The minimum atomic E-state index is -0.359. The topological polar surface area (TPSA) is 71.8 Å². The molecule has 0 aliphatic rings. The first-order valence-corrected chi connectivity index (χ1v) is 12.6. The number of hydrogen-bond acceptors (Lipinski definition) is 4. The minimum absolute atomic E-state index is 0.281. The van der Waals surface area contributed by atoms with Gasteiger partial charge in [-0.1, -0.05) is 71.4 Å². The maximum Gasteiger partial charge on any atom is 0.319 e. The molecule has 1 heterocycles. The maximum atomic E-state index is 12.8. The van der Waals surface area contributed by atoms with Crippen molar-refractivity contribution in [3.63, 3.8) is 0 Å². The van der Waals surface area contributed by atoms with Gasteiger partial charge in [-0.15, -0.1) is 10.2 Å². The highest BCUT2D eigenvalue weighted by molar-refractivity contribution is 7.98. The van der Waals surface area contributed by atoms with Gasteiger partial charge in [0.15, 0.2) is 11.0 Å². The van der Waals surface area contributed by atoms with Crippen LogP contribution in [0, 0.1) is 27.7 Å². The molecular formula is C28H31N5OS. The van der Waals surface area contributed by atoms with Gasteiger partial charge in [0.25, 0.3) is 0 Å². The van der Waals surface area contributed by atoms with Gasteiger partial charge >= 0.3 is 6.03 Å². The van der Waals surface area contributed by atoms with E-state index in [4.69, 9.17) is 0 Å². The summed E-state index contributed by atoms with van der Waals surface area (Å²) < 4.78 is 2.03. The molecule has 0 radical (unpaired) electrons. The zero-order valence-electron chi connectivity index (χ0n) is 20.8. The first-order valence-electron chi connectivity index (χ1n) is 11.7. The molecule has 4 rings (SSSR count). The van der Waals surface area contributed by atoms with Crippen molar-refractivity contribution in [2.75, 3.05) is 5.32 Å². The van der Waals surface area contributed by atoms with E-state index in [1.54, 1.807) is 11.8 Å². The summed E-state index contributed by atoms with van der Waals surface area (Å²) in [6.07, 6.45) is 0. The number of urea groups is 1. The van der Waals surface area contributed by atoms with Crippen LogP contribution in [0.25, 0.3) is 5.69 Å². The summed E-state index contributed by atoms with van der Waals surface area (Å²) in [7, 11) is 0. The molecule has 1 atom stereocenters. The van der Waals surface area contributed by atoms with Crippen molar-refractivity contribution in [2.45, 2.75) is 51.6 Å². The lowest BCUT2D eigenvalue weighted by Crippen LogP contribution is -2.32. The molecule has 7 heteroatoms. The van der Waals surface area contributed by atoms with Crippen LogP contribution in [0.2, 0.25) is 0 Å². The van der Waals surface area contributed by atoms with Crippen molar-refractivity contribution in [3.05, 3.63) is 100 Å². The quantitative estimate of drug-likeness (QED) is 0.287. The Balaban J connectivity index is 1.57. The summed E-state index contributed by atoms with van der Waals surface area (Å²) in [6, 6.07) is 21.9. The normalized spacial score (nSPS) is 11.8. The Kier molecular flexibility index (Phi) is 7.56. The first kappa shape index (κ1) is 24.5. The van der Waals surface area contributed by atoms with E-state index in [-0.39, 0.29) is 12.1 Å². The monoisotopic (exact) mass is 485 g/mol. The van der Waals surface area contributed by atoms with Crippen LogP contribution in [0.15, 0.2) is 71.9 Å². The molecule has 2 amide bonds. The molecule has 35 heavy (non-hydrogen) atoms. The number of rotatable bonds is 7. The summed E-state index contributed by atoms with van der Waals surface area (Å²) >= 11 is 1.64. The highest BCUT2D eigenvalue weighted by atomic mass is 32.2. The van der Waals surface area contributed by atoms with Gasteiger partial charge < -0.3 is 10.6 Å². The largest absolute Gasteiger partial charge is 0.328 e. The molecule has 0 saturated heterocycles. The van der Waals surface area contributed by atoms with Gasteiger partial charge in [0.1, 0.15) is 0 Å². The second-order valence-electron chi connectivity index (χ2n) is 8.87. The van der Waals surface area contributed by atoms with E-state index in [0.29, 0.717) is 5.82 Å². The number of aryl methyl sites for hydroxylation is 4. The van der Waals surface area contributed by atoms with E-state index in [1.165, 1.54) is 16.7 Å². The molecule has 1 aromatic heterocycles. The fraction of sp³-hybridized carbons (Fsp3) is 0.250. The molecule has 6 nitrogen and oxygen atoms in total. The van der Waals surface area contributed by atoms with Crippen molar-refractivity contribution in [1.82, 2.24) is 20.1 Å². The number of nitrogens with zero attached hydrogens (tertiary/aromatic N) is 3. The lowest BCUT2D eigenvalue weighted by molar-refractivity contribution is 0.248. The molecule has 0 aliphatic heterocycles. The van der Waals surface area contributed by atoms with Crippen molar-refractivity contribution in [1.29, 1.82) is 0 Å². The summed E-state index contributed by atoms with van der Waals surface area (Å²) in [5.74, 6) is 1.46. The lowest BCUT2D eigenvalue weighted by atomic mass is 10.1. The van der Waals surface area contributed by atoms with Crippen LogP contribution in [-0.4, -0.2) is 20.8 Å². The standard InChI is InChI=1S/C28H31N5OS/c1-18-10-13-24(14-11-18)33-26(31-32-28(33)35-17-23-9-7-6-8-20(23)3)22(5)29-27(34)30-25-15-12-19(2)16-21(25)4/h6-16,22H,17H2,1-5H3,(H2,29,30,34). The van der Waals surface area contributed by atoms with Crippen LogP contribution < -0.4 is 10.6 Å². The Bertz CT molecular complexity index is 1330. The van der Waals surface area contributed by atoms with Gasteiger partial charge in [-0.3, -0.25) is 4.57 Å². The van der Waals surface area contributed by atoms with Crippen molar-refractivity contribution in [2.24, 2.45) is 0 Å². The number of amides is 2. The molecule has 0 spiro atoms. The van der Waals surface area contributed by atoms with E-state index in [0.717, 1.165) is 33.4 Å². The smallest absolute Gasteiger partial charge is 0.319 e.